The molecule has 0 fully saturated rings. The van der Waals surface area contributed by atoms with Crippen LogP contribution in [0.2, 0.25) is 0 Å². The van der Waals surface area contributed by atoms with Crippen molar-refractivity contribution in [3.63, 3.8) is 0 Å². The van der Waals surface area contributed by atoms with Gasteiger partial charge in [-0.1, -0.05) is 15.9 Å². The Morgan fingerprint density at radius 1 is 1.30 bits per heavy atom. The quantitative estimate of drug-likeness (QED) is 0.816. The molecule has 0 aliphatic carbocycles. The number of thiophene rings is 1. The number of carbonyl (C=O) groups is 1. The average molecular weight is 354 g/mol. The Morgan fingerprint density at radius 2 is 2.00 bits per heavy atom. The van der Waals surface area contributed by atoms with Crippen molar-refractivity contribution in [3.05, 3.63) is 50.6 Å². The van der Waals surface area contributed by atoms with Gasteiger partial charge in [0.2, 0.25) is 0 Å². The molecule has 1 amide bonds. The van der Waals surface area contributed by atoms with E-state index in [4.69, 9.17) is 4.74 Å². The minimum absolute atomic E-state index is 0.0271. The summed E-state index contributed by atoms with van der Waals surface area (Å²) >= 11 is 5.03. The van der Waals surface area contributed by atoms with Crippen molar-refractivity contribution in [2.75, 3.05) is 13.7 Å². The molecule has 3 nitrogen and oxygen atoms in total. The molecule has 0 atom stereocenters. The first kappa shape index (κ1) is 15.1. The Bertz CT molecular complexity index is 580. The maximum atomic E-state index is 12.0. The number of rotatable bonds is 5. The van der Waals surface area contributed by atoms with Crippen LogP contribution in [0, 0.1) is 6.92 Å². The van der Waals surface area contributed by atoms with Gasteiger partial charge in [0.25, 0.3) is 5.91 Å². The molecule has 0 aliphatic rings. The Balaban J connectivity index is 1.85. The molecule has 0 saturated heterocycles. The second kappa shape index (κ2) is 6.90. The van der Waals surface area contributed by atoms with E-state index in [0.717, 1.165) is 4.47 Å². The van der Waals surface area contributed by atoms with Crippen molar-refractivity contribution >= 4 is 33.2 Å². The van der Waals surface area contributed by atoms with E-state index >= 15 is 0 Å². The van der Waals surface area contributed by atoms with Crippen LogP contribution in [0.3, 0.4) is 0 Å². The fourth-order valence-corrected chi connectivity index (χ4v) is 2.88. The van der Waals surface area contributed by atoms with Crippen molar-refractivity contribution in [3.8, 4) is 5.75 Å². The van der Waals surface area contributed by atoms with Crippen LogP contribution in [0.4, 0.5) is 0 Å². The maximum Gasteiger partial charge on any atom is 0.260 e. The SMILES string of the molecule is Cc1ccsc1CN(C)C(=O)COc1ccc(Br)cc1. The van der Waals surface area contributed by atoms with Crippen molar-refractivity contribution in [1.82, 2.24) is 4.90 Å². The molecule has 0 bridgehead atoms. The highest BCUT2D eigenvalue weighted by Crippen LogP contribution is 2.18. The molecule has 0 spiro atoms. The van der Waals surface area contributed by atoms with E-state index in [1.54, 1.807) is 23.3 Å². The third-order valence-electron chi connectivity index (χ3n) is 2.95. The molecule has 0 radical (unpaired) electrons. The molecule has 1 heterocycles. The number of aryl methyl sites for hydroxylation is 1. The molecule has 106 valence electrons. The van der Waals surface area contributed by atoms with Crippen LogP contribution < -0.4 is 4.74 Å². The van der Waals surface area contributed by atoms with Crippen molar-refractivity contribution in [1.29, 1.82) is 0 Å². The summed E-state index contributed by atoms with van der Waals surface area (Å²) in [6.07, 6.45) is 0. The monoisotopic (exact) mass is 353 g/mol. The maximum absolute atomic E-state index is 12.0. The first-order valence-corrected chi connectivity index (χ1v) is 7.89. The van der Waals surface area contributed by atoms with Gasteiger partial charge in [0, 0.05) is 16.4 Å². The zero-order chi connectivity index (χ0) is 14.5. The third-order valence-corrected chi connectivity index (χ3v) is 4.49. The van der Waals surface area contributed by atoms with Crippen LogP contribution in [-0.4, -0.2) is 24.5 Å². The Labute approximate surface area is 131 Å². The summed E-state index contributed by atoms with van der Waals surface area (Å²) in [4.78, 5) is 14.9. The van der Waals surface area contributed by atoms with Gasteiger partial charge in [0.05, 0.1) is 6.54 Å². The van der Waals surface area contributed by atoms with E-state index in [0.29, 0.717) is 12.3 Å². The van der Waals surface area contributed by atoms with Crippen LogP contribution in [0.15, 0.2) is 40.2 Å². The number of halogens is 1. The lowest BCUT2D eigenvalue weighted by Crippen LogP contribution is -2.30. The van der Waals surface area contributed by atoms with Gasteiger partial charge >= 0.3 is 0 Å². The Kier molecular flexibility index (Phi) is 5.20. The summed E-state index contributed by atoms with van der Waals surface area (Å²) in [5.74, 6) is 0.669. The molecular formula is C15H16BrNO2S. The number of nitrogens with zero attached hydrogens (tertiary/aromatic N) is 1. The van der Waals surface area contributed by atoms with Gasteiger partial charge < -0.3 is 9.64 Å². The topological polar surface area (TPSA) is 29.5 Å². The smallest absolute Gasteiger partial charge is 0.260 e. The Morgan fingerprint density at radius 3 is 2.60 bits per heavy atom. The number of benzene rings is 1. The van der Waals surface area contributed by atoms with Crippen LogP contribution in [-0.2, 0) is 11.3 Å². The lowest BCUT2D eigenvalue weighted by Gasteiger charge is -2.17. The highest BCUT2D eigenvalue weighted by atomic mass is 79.9. The normalized spacial score (nSPS) is 10.3. The second-order valence-electron chi connectivity index (χ2n) is 4.52. The van der Waals surface area contributed by atoms with Crippen molar-refractivity contribution in [2.45, 2.75) is 13.5 Å². The number of hydrogen-bond donors (Lipinski definition) is 0. The van der Waals surface area contributed by atoms with Gasteiger partial charge in [-0.05, 0) is 48.2 Å². The van der Waals surface area contributed by atoms with Gasteiger partial charge in [-0.25, -0.2) is 0 Å². The molecule has 5 heteroatoms. The first-order chi connectivity index (χ1) is 9.56. The molecule has 1 aromatic heterocycles. The number of likely N-dealkylation sites (N-methyl/N-ethyl adjacent to an activating group) is 1. The van der Waals surface area contributed by atoms with E-state index in [9.17, 15) is 4.79 Å². The molecule has 0 aliphatic heterocycles. The third kappa shape index (κ3) is 4.08. The molecule has 2 aromatic rings. The summed E-state index contributed by atoms with van der Waals surface area (Å²) in [7, 11) is 1.80. The predicted molar refractivity (Wildman–Crippen MR) is 85.2 cm³/mol. The fourth-order valence-electron chi connectivity index (χ4n) is 1.66. The lowest BCUT2D eigenvalue weighted by molar-refractivity contribution is -0.132. The Hall–Kier alpha value is -1.33. The first-order valence-electron chi connectivity index (χ1n) is 6.21. The summed E-state index contributed by atoms with van der Waals surface area (Å²) in [6, 6.07) is 9.51. The largest absolute Gasteiger partial charge is 0.484 e. The standard InChI is InChI=1S/C15H16BrNO2S/c1-11-7-8-20-14(11)9-17(2)15(18)10-19-13-5-3-12(16)4-6-13/h3-8H,9-10H2,1-2H3. The number of hydrogen-bond acceptors (Lipinski definition) is 3. The zero-order valence-electron chi connectivity index (χ0n) is 11.4. The molecule has 0 saturated carbocycles. The minimum atomic E-state index is -0.0271. The van der Waals surface area contributed by atoms with Crippen LogP contribution in [0.25, 0.3) is 0 Å². The van der Waals surface area contributed by atoms with E-state index in [-0.39, 0.29) is 12.5 Å². The summed E-state index contributed by atoms with van der Waals surface area (Å²) in [5, 5.41) is 2.04. The minimum Gasteiger partial charge on any atom is -0.484 e. The molecule has 0 unspecified atom stereocenters. The van der Waals surface area contributed by atoms with Gasteiger partial charge in [-0.15, -0.1) is 11.3 Å². The fraction of sp³-hybridized carbons (Fsp3) is 0.267. The lowest BCUT2D eigenvalue weighted by atomic mass is 10.3. The van der Waals surface area contributed by atoms with Crippen LogP contribution >= 0.6 is 27.3 Å². The molecule has 20 heavy (non-hydrogen) atoms. The molecule has 1 aromatic carbocycles. The number of amides is 1. The van der Waals surface area contributed by atoms with Gasteiger partial charge in [-0.2, -0.15) is 0 Å². The number of carbonyl (C=O) groups excluding carboxylic acids is 1. The number of ether oxygens (including phenoxy) is 1. The zero-order valence-corrected chi connectivity index (χ0v) is 13.8. The van der Waals surface area contributed by atoms with Crippen LogP contribution in [0.1, 0.15) is 10.4 Å². The van der Waals surface area contributed by atoms with Crippen molar-refractivity contribution in [2.24, 2.45) is 0 Å². The second-order valence-corrected chi connectivity index (χ2v) is 6.44. The van der Waals surface area contributed by atoms with Gasteiger partial charge in [-0.3, -0.25) is 4.79 Å². The van der Waals surface area contributed by atoms with E-state index < -0.39 is 0 Å². The van der Waals surface area contributed by atoms with Crippen LogP contribution in [0.5, 0.6) is 5.75 Å². The van der Waals surface area contributed by atoms with Crippen molar-refractivity contribution < 1.29 is 9.53 Å². The summed E-state index contributed by atoms with van der Waals surface area (Å²) in [6.45, 7) is 2.75. The predicted octanol–water partition coefficient (Wildman–Crippen LogP) is 3.86. The average Bonchev–Trinajstić information content (AvgIpc) is 2.83. The molecular weight excluding hydrogens is 338 g/mol. The summed E-state index contributed by atoms with van der Waals surface area (Å²) in [5.41, 5.74) is 1.23. The highest BCUT2D eigenvalue weighted by molar-refractivity contribution is 9.10. The van der Waals surface area contributed by atoms with E-state index in [2.05, 4.69) is 28.9 Å². The highest BCUT2D eigenvalue weighted by Gasteiger charge is 2.12. The molecule has 0 N–H and O–H groups in total. The van der Waals surface area contributed by atoms with E-state index in [1.807, 2.05) is 29.6 Å². The van der Waals surface area contributed by atoms with Gasteiger partial charge in [0.1, 0.15) is 5.75 Å². The van der Waals surface area contributed by atoms with Gasteiger partial charge in [0.15, 0.2) is 6.61 Å². The van der Waals surface area contributed by atoms with E-state index in [1.165, 1.54) is 10.4 Å². The summed E-state index contributed by atoms with van der Waals surface area (Å²) < 4.78 is 6.47. The molecule has 2 rings (SSSR count).